The monoisotopic (exact) mass is 727 g/mol. The van der Waals surface area contributed by atoms with Crippen LogP contribution in [0.3, 0.4) is 0 Å². The minimum absolute atomic E-state index is 0.0966. The second-order valence-electron chi connectivity index (χ2n) is 11.5. The number of amides is 3. The van der Waals surface area contributed by atoms with Crippen LogP contribution in [0, 0.1) is 0 Å². The zero-order valence-electron chi connectivity index (χ0n) is 28.2. The Morgan fingerprint density at radius 3 is 1.74 bits per heavy atom. The highest BCUT2D eigenvalue weighted by Crippen LogP contribution is 2.34. The first-order valence-corrected chi connectivity index (χ1v) is 17.3. The number of benzene rings is 3. The van der Waals surface area contributed by atoms with E-state index >= 15 is 0 Å². The molecule has 6 aromatic rings. The number of aromatic nitrogens is 2. The normalized spacial score (nSPS) is 10.5. The number of rotatable bonds is 13. The number of esters is 1. The van der Waals surface area contributed by atoms with E-state index in [1.165, 1.54) is 11.3 Å². The third-order valence-corrected chi connectivity index (χ3v) is 8.62. The maximum Gasteiger partial charge on any atom is 0.407 e. The number of pyridine rings is 2. The molecule has 0 saturated heterocycles. The van der Waals surface area contributed by atoms with Crippen molar-refractivity contribution in [3.05, 3.63) is 167 Å². The summed E-state index contributed by atoms with van der Waals surface area (Å²) in [6.07, 6.45) is 5.36. The number of hydrogen-bond acceptors (Lipinski definition) is 10. The molecule has 12 nitrogen and oxygen atoms in total. The summed E-state index contributed by atoms with van der Waals surface area (Å²) in [6, 6.07) is 29.5. The molecule has 0 fully saturated rings. The fourth-order valence-corrected chi connectivity index (χ4v) is 5.64. The summed E-state index contributed by atoms with van der Waals surface area (Å²) in [5, 5.41) is 10.2. The molecule has 3 N–H and O–H groups in total. The van der Waals surface area contributed by atoms with Crippen molar-refractivity contribution in [3.8, 4) is 16.2 Å². The van der Waals surface area contributed by atoms with Crippen LogP contribution in [-0.4, -0.2) is 34.0 Å². The zero-order valence-corrected chi connectivity index (χ0v) is 29.0. The van der Waals surface area contributed by atoms with E-state index in [0.29, 0.717) is 11.3 Å². The third-order valence-electron chi connectivity index (χ3n) is 7.70. The lowest BCUT2D eigenvalue weighted by Gasteiger charge is -2.14. The number of ether oxygens (including phenoxy) is 3. The van der Waals surface area contributed by atoms with Crippen molar-refractivity contribution >= 4 is 41.1 Å². The van der Waals surface area contributed by atoms with E-state index in [0.717, 1.165) is 32.7 Å². The molecule has 0 bridgehead atoms. The fraction of sp³-hybridized carbons (Fsp3) is 0.100. The van der Waals surface area contributed by atoms with Gasteiger partial charge in [-0.1, -0.05) is 42.5 Å². The molecule has 6 rings (SSSR count). The van der Waals surface area contributed by atoms with Gasteiger partial charge in [0.2, 0.25) is 0 Å². The third kappa shape index (κ3) is 10.6. The van der Waals surface area contributed by atoms with Crippen molar-refractivity contribution in [2.45, 2.75) is 26.3 Å². The van der Waals surface area contributed by atoms with Crippen LogP contribution in [-0.2, 0) is 35.8 Å². The van der Waals surface area contributed by atoms with E-state index in [9.17, 15) is 19.2 Å². The predicted molar refractivity (Wildman–Crippen MR) is 198 cm³/mol. The van der Waals surface area contributed by atoms with E-state index < -0.39 is 24.1 Å². The van der Waals surface area contributed by atoms with Crippen LogP contribution >= 0.6 is 11.3 Å². The molecule has 0 radical (unpaired) electrons. The van der Waals surface area contributed by atoms with Crippen LogP contribution in [0.25, 0.3) is 10.4 Å². The van der Waals surface area contributed by atoms with Gasteiger partial charge in [0, 0.05) is 59.4 Å². The highest BCUT2D eigenvalue weighted by Gasteiger charge is 2.17. The van der Waals surface area contributed by atoms with Crippen LogP contribution < -0.4 is 20.7 Å². The van der Waals surface area contributed by atoms with Gasteiger partial charge in [-0.15, -0.1) is 11.3 Å². The molecule has 0 aliphatic rings. The van der Waals surface area contributed by atoms with Crippen LogP contribution in [0.2, 0.25) is 0 Å². The summed E-state index contributed by atoms with van der Waals surface area (Å²) in [4.78, 5) is 59.8. The van der Waals surface area contributed by atoms with Gasteiger partial charge in [0.05, 0.1) is 11.3 Å². The highest BCUT2D eigenvalue weighted by atomic mass is 32.1. The minimum Gasteiger partial charge on any atom is -0.445 e. The molecule has 3 amide bonds. The Morgan fingerprint density at radius 1 is 0.623 bits per heavy atom. The SMILES string of the molecule is O=C(NCc1ccc(C(=O)Nc2cc(-c3cccs3)ccc2OC(=O)c2ccc(CNC(=O)OCc3cccnc3)cc2)cc1)OCc1cccnc1. The topological polar surface area (TPSA) is 158 Å². The van der Waals surface area contributed by atoms with Gasteiger partial charge in [-0.2, -0.15) is 0 Å². The summed E-state index contributed by atoms with van der Waals surface area (Å²) in [6.45, 7) is 0.591. The van der Waals surface area contributed by atoms with Crippen molar-refractivity contribution in [3.63, 3.8) is 0 Å². The van der Waals surface area contributed by atoms with Crippen LogP contribution in [0.1, 0.15) is 43.0 Å². The molecule has 0 spiro atoms. The smallest absolute Gasteiger partial charge is 0.407 e. The molecule has 0 atom stereocenters. The second kappa shape index (κ2) is 17.9. The molecule has 3 heterocycles. The predicted octanol–water partition coefficient (Wildman–Crippen LogP) is 7.53. The molecular weight excluding hydrogens is 695 g/mol. The number of carbonyl (C=O) groups excluding carboxylic acids is 4. The maximum atomic E-state index is 13.4. The molecule has 13 heteroatoms. The van der Waals surface area contributed by atoms with E-state index in [1.807, 2.05) is 29.6 Å². The van der Waals surface area contributed by atoms with Crippen LogP contribution in [0.15, 0.2) is 133 Å². The number of nitrogens with one attached hydrogen (secondary N) is 3. The Labute approximate surface area is 308 Å². The summed E-state index contributed by atoms with van der Waals surface area (Å²) >= 11 is 1.54. The van der Waals surface area contributed by atoms with Gasteiger partial charge >= 0.3 is 18.2 Å². The largest absolute Gasteiger partial charge is 0.445 e. The first-order chi connectivity index (χ1) is 25.9. The average Bonchev–Trinajstić information content (AvgIpc) is 3.75. The Kier molecular flexibility index (Phi) is 12.1. The number of hydrogen-bond donors (Lipinski definition) is 3. The molecule has 0 unspecified atom stereocenters. The molecular formula is C40H33N5O7S. The molecule has 0 aliphatic carbocycles. The molecule has 0 saturated carbocycles. The van der Waals surface area contributed by atoms with Gasteiger partial charge in [-0.25, -0.2) is 14.4 Å². The van der Waals surface area contributed by atoms with Crippen molar-refractivity contribution in [1.82, 2.24) is 20.6 Å². The number of thiophene rings is 1. The summed E-state index contributed by atoms with van der Waals surface area (Å²) in [5.41, 5.74) is 4.83. The van der Waals surface area contributed by atoms with Gasteiger partial charge in [0.25, 0.3) is 5.91 Å². The van der Waals surface area contributed by atoms with Crippen molar-refractivity contribution in [2.24, 2.45) is 0 Å². The quantitative estimate of drug-likeness (QED) is 0.0808. The lowest BCUT2D eigenvalue weighted by molar-refractivity contribution is 0.0734. The Balaban J connectivity index is 1.05. The average molecular weight is 728 g/mol. The lowest BCUT2D eigenvalue weighted by atomic mass is 10.1. The van der Waals surface area contributed by atoms with E-state index in [1.54, 1.807) is 104 Å². The van der Waals surface area contributed by atoms with Gasteiger partial charge < -0.3 is 30.2 Å². The Morgan fingerprint density at radius 2 is 1.21 bits per heavy atom. The number of carbonyl (C=O) groups is 4. The number of nitrogens with zero attached hydrogens (tertiary/aromatic N) is 2. The molecule has 53 heavy (non-hydrogen) atoms. The molecule has 0 aliphatic heterocycles. The highest BCUT2D eigenvalue weighted by molar-refractivity contribution is 7.13. The minimum atomic E-state index is -0.629. The van der Waals surface area contributed by atoms with Crippen molar-refractivity contribution in [1.29, 1.82) is 0 Å². The van der Waals surface area contributed by atoms with Crippen LogP contribution in [0.5, 0.6) is 5.75 Å². The van der Waals surface area contributed by atoms with E-state index in [2.05, 4.69) is 25.9 Å². The van der Waals surface area contributed by atoms with Gasteiger partial charge in [0.1, 0.15) is 13.2 Å². The Hall–Kier alpha value is -6.86. The van der Waals surface area contributed by atoms with Crippen molar-refractivity contribution < 1.29 is 33.4 Å². The summed E-state index contributed by atoms with van der Waals surface area (Å²) in [5.74, 6) is -0.885. The van der Waals surface area contributed by atoms with Gasteiger partial charge in [0.15, 0.2) is 5.75 Å². The first kappa shape index (κ1) is 35.9. The van der Waals surface area contributed by atoms with Crippen LogP contribution in [0.4, 0.5) is 15.3 Å². The fourth-order valence-electron chi connectivity index (χ4n) is 4.91. The van der Waals surface area contributed by atoms with Gasteiger partial charge in [-0.3, -0.25) is 14.8 Å². The summed E-state index contributed by atoms with van der Waals surface area (Å²) < 4.78 is 16.2. The Bertz CT molecular complexity index is 2150. The lowest BCUT2D eigenvalue weighted by Crippen LogP contribution is -2.23. The van der Waals surface area contributed by atoms with E-state index in [4.69, 9.17) is 14.2 Å². The standard InChI is InChI=1S/C40H33N5O7S/c46-37(31-11-7-27(8-12-31)23-43-39(48)50-25-29-4-1-17-41-21-29)45-34-20-33(36-6-3-19-53-36)15-16-35(34)52-38(47)32-13-9-28(10-14-32)24-44-40(49)51-26-30-5-2-18-42-22-30/h1-22H,23-26H2,(H,43,48)(H,44,49)(H,45,46). The van der Waals surface area contributed by atoms with E-state index in [-0.39, 0.29) is 37.6 Å². The first-order valence-electron chi connectivity index (χ1n) is 16.4. The number of anilines is 1. The summed E-state index contributed by atoms with van der Waals surface area (Å²) in [7, 11) is 0. The maximum absolute atomic E-state index is 13.4. The zero-order chi connectivity index (χ0) is 36.8. The molecule has 3 aromatic carbocycles. The second-order valence-corrected chi connectivity index (χ2v) is 12.5. The number of alkyl carbamates (subject to hydrolysis) is 2. The van der Waals surface area contributed by atoms with Crippen molar-refractivity contribution in [2.75, 3.05) is 5.32 Å². The molecule has 266 valence electrons. The van der Waals surface area contributed by atoms with Gasteiger partial charge in [-0.05, 0) is 82.7 Å². The molecule has 3 aromatic heterocycles.